The molecule has 78 valence electrons. The van der Waals surface area contributed by atoms with Crippen molar-refractivity contribution in [2.75, 3.05) is 24.9 Å². The molecule has 0 aliphatic heterocycles. The third kappa shape index (κ3) is 2.30. The summed E-state index contributed by atoms with van der Waals surface area (Å²) in [5.74, 6) is 7.41. The van der Waals surface area contributed by atoms with Gasteiger partial charge in [0, 0.05) is 19.7 Å². The second-order valence-electron chi connectivity index (χ2n) is 3.24. The van der Waals surface area contributed by atoms with E-state index in [2.05, 4.69) is 20.8 Å². The van der Waals surface area contributed by atoms with Crippen LogP contribution in [0.5, 0.6) is 0 Å². The predicted molar refractivity (Wildman–Crippen MR) is 56.6 cm³/mol. The molecule has 1 aromatic heterocycles. The molecule has 1 heterocycles. The topological polar surface area (TPSA) is 79.1 Å². The highest BCUT2D eigenvalue weighted by atomic mass is 15.5. The second-order valence-corrected chi connectivity index (χ2v) is 3.24. The quantitative estimate of drug-likeness (QED) is 0.475. The number of nitrogens with two attached hydrogens (primary N) is 1. The third-order valence-corrected chi connectivity index (χ3v) is 1.72. The Morgan fingerprint density at radius 1 is 1.14 bits per heavy atom. The van der Waals surface area contributed by atoms with Crippen LogP contribution in [0.25, 0.3) is 0 Å². The molecular weight excluding hydrogens is 180 g/mol. The summed E-state index contributed by atoms with van der Waals surface area (Å²) in [6.45, 7) is 3.72. The molecule has 6 nitrogen and oxygen atoms in total. The molecule has 0 aliphatic rings. The smallest absolute Gasteiger partial charge is 0.149 e. The first-order valence-corrected chi connectivity index (χ1v) is 4.30. The molecule has 0 spiro atoms. The first-order valence-electron chi connectivity index (χ1n) is 4.30. The Morgan fingerprint density at radius 2 is 1.71 bits per heavy atom. The molecule has 0 aliphatic carbocycles. The van der Waals surface area contributed by atoms with Crippen LogP contribution in [-0.2, 0) is 0 Å². The summed E-state index contributed by atoms with van der Waals surface area (Å²) < 4.78 is 0. The van der Waals surface area contributed by atoms with Gasteiger partial charge < -0.3 is 10.9 Å². The van der Waals surface area contributed by atoms with Gasteiger partial charge in [0.15, 0.2) is 0 Å². The highest BCUT2D eigenvalue weighted by molar-refractivity contribution is 5.56. The van der Waals surface area contributed by atoms with E-state index in [9.17, 15) is 0 Å². The van der Waals surface area contributed by atoms with Crippen LogP contribution in [0.3, 0.4) is 0 Å². The van der Waals surface area contributed by atoms with Crippen LogP contribution in [0.4, 0.5) is 11.6 Å². The lowest BCUT2D eigenvalue weighted by atomic mass is 10.3. The molecule has 14 heavy (non-hydrogen) atoms. The number of hydrazine groups is 2. The first kappa shape index (κ1) is 10.7. The molecule has 1 rings (SSSR count). The van der Waals surface area contributed by atoms with Crippen LogP contribution >= 0.6 is 0 Å². The van der Waals surface area contributed by atoms with Crippen molar-refractivity contribution < 1.29 is 0 Å². The van der Waals surface area contributed by atoms with Crippen molar-refractivity contribution in [3.63, 3.8) is 0 Å². The molecule has 0 saturated carbocycles. The van der Waals surface area contributed by atoms with Gasteiger partial charge in [-0.3, -0.25) is 0 Å². The number of aryl methyl sites for hydroxylation is 1. The van der Waals surface area contributed by atoms with Crippen LogP contribution in [0, 0.1) is 13.8 Å². The summed E-state index contributed by atoms with van der Waals surface area (Å²) in [6.07, 6.45) is 0. The summed E-state index contributed by atoms with van der Waals surface area (Å²) in [7, 11) is 3.79. The van der Waals surface area contributed by atoms with Gasteiger partial charge in [-0.2, -0.15) is 0 Å². The van der Waals surface area contributed by atoms with Crippen molar-refractivity contribution in [2.45, 2.75) is 13.8 Å². The number of nitrogen functional groups attached to an aromatic ring is 1. The van der Waals surface area contributed by atoms with Crippen LogP contribution < -0.4 is 16.7 Å². The molecule has 4 N–H and O–H groups in total. The number of aromatic nitrogens is 2. The van der Waals surface area contributed by atoms with E-state index in [0.29, 0.717) is 11.6 Å². The number of hydrogen-bond donors (Lipinski definition) is 3. The first-order chi connectivity index (χ1) is 6.54. The van der Waals surface area contributed by atoms with Crippen LogP contribution in [0.15, 0.2) is 0 Å². The minimum Gasteiger partial charge on any atom is -0.308 e. The van der Waals surface area contributed by atoms with Gasteiger partial charge >= 0.3 is 0 Å². The maximum atomic E-state index is 5.34. The van der Waals surface area contributed by atoms with Crippen LogP contribution in [-0.4, -0.2) is 29.1 Å². The molecular formula is C8H16N6. The van der Waals surface area contributed by atoms with Gasteiger partial charge in [0.2, 0.25) is 0 Å². The molecule has 0 fully saturated rings. The van der Waals surface area contributed by atoms with Crippen molar-refractivity contribution in [3.05, 3.63) is 11.4 Å². The Balaban J connectivity index is 3.08. The molecule has 0 amide bonds. The van der Waals surface area contributed by atoms with E-state index in [1.54, 1.807) is 0 Å². The zero-order chi connectivity index (χ0) is 10.7. The van der Waals surface area contributed by atoms with Crippen LogP contribution in [0.1, 0.15) is 11.4 Å². The number of nitrogens with zero attached hydrogens (tertiary/aromatic N) is 3. The summed E-state index contributed by atoms with van der Waals surface area (Å²) in [6, 6.07) is 0. The Kier molecular flexibility index (Phi) is 3.21. The highest BCUT2D eigenvalue weighted by Crippen LogP contribution is 2.18. The van der Waals surface area contributed by atoms with Crippen molar-refractivity contribution in [3.8, 4) is 0 Å². The summed E-state index contributed by atoms with van der Waals surface area (Å²) in [5, 5.41) is 1.81. The predicted octanol–water partition coefficient (Wildman–Crippen LogP) is 0.268. The van der Waals surface area contributed by atoms with E-state index in [4.69, 9.17) is 5.84 Å². The van der Waals surface area contributed by atoms with E-state index < -0.39 is 0 Å². The van der Waals surface area contributed by atoms with E-state index in [1.807, 2.05) is 33.0 Å². The molecule has 0 atom stereocenters. The Labute approximate surface area is 83.5 Å². The average Bonchev–Trinajstić information content (AvgIpc) is 2.09. The molecule has 0 unspecified atom stereocenters. The number of nitrogens with one attached hydrogen (secondary N) is 2. The summed E-state index contributed by atoms with van der Waals surface area (Å²) >= 11 is 0. The fraction of sp³-hybridized carbons (Fsp3) is 0.500. The maximum Gasteiger partial charge on any atom is 0.149 e. The second kappa shape index (κ2) is 4.21. The Bertz CT molecular complexity index is 322. The van der Waals surface area contributed by atoms with E-state index in [0.717, 1.165) is 11.4 Å². The summed E-state index contributed by atoms with van der Waals surface area (Å²) in [4.78, 5) is 8.42. The Hall–Kier alpha value is -1.40. The lowest BCUT2D eigenvalue weighted by Gasteiger charge is -2.16. The standard InChI is InChI=1S/C8H16N6/c1-5-7(12-9)10-6(2)11-8(5)13-14(3)4/h9H2,1-4H3,(H2,10,11,12,13). The van der Waals surface area contributed by atoms with Gasteiger partial charge in [0.1, 0.15) is 17.5 Å². The normalized spacial score (nSPS) is 10.4. The van der Waals surface area contributed by atoms with E-state index in [1.165, 1.54) is 0 Å². The minimum absolute atomic E-state index is 0.641. The molecule has 0 aromatic carbocycles. The van der Waals surface area contributed by atoms with E-state index >= 15 is 0 Å². The maximum absolute atomic E-state index is 5.34. The lowest BCUT2D eigenvalue weighted by molar-refractivity contribution is 0.491. The minimum atomic E-state index is 0.641. The largest absolute Gasteiger partial charge is 0.308 e. The summed E-state index contributed by atoms with van der Waals surface area (Å²) in [5.41, 5.74) is 6.51. The number of anilines is 2. The van der Waals surface area contributed by atoms with Crippen LogP contribution in [0.2, 0.25) is 0 Å². The fourth-order valence-electron chi connectivity index (χ4n) is 1.09. The van der Waals surface area contributed by atoms with Crippen molar-refractivity contribution in [1.82, 2.24) is 15.0 Å². The molecule has 1 aromatic rings. The van der Waals surface area contributed by atoms with Crippen molar-refractivity contribution in [1.29, 1.82) is 0 Å². The number of hydrogen-bond acceptors (Lipinski definition) is 6. The fourth-order valence-corrected chi connectivity index (χ4v) is 1.09. The molecule has 6 heteroatoms. The molecule has 0 saturated heterocycles. The number of rotatable bonds is 3. The Morgan fingerprint density at radius 3 is 2.21 bits per heavy atom. The third-order valence-electron chi connectivity index (χ3n) is 1.72. The van der Waals surface area contributed by atoms with Crippen molar-refractivity contribution >= 4 is 11.6 Å². The van der Waals surface area contributed by atoms with E-state index in [-0.39, 0.29) is 0 Å². The zero-order valence-corrected chi connectivity index (χ0v) is 8.92. The van der Waals surface area contributed by atoms with Gasteiger partial charge in [0.25, 0.3) is 0 Å². The molecule has 0 radical (unpaired) electrons. The SMILES string of the molecule is Cc1nc(NN)c(C)c(NN(C)C)n1. The monoisotopic (exact) mass is 196 g/mol. The van der Waals surface area contributed by atoms with Crippen molar-refractivity contribution in [2.24, 2.45) is 5.84 Å². The van der Waals surface area contributed by atoms with Gasteiger partial charge in [-0.05, 0) is 13.8 Å². The average molecular weight is 196 g/mol. The highest BCUT2D eigenvalue weighted by Gasteiger charge is 2.07. The van der Waals surface area contributed by atoms with Gasteiger partial charge in [0.05, 0.1) is 0 Å². The van der Waals surface area contributed by atoms with Gasteiger partial charge in [-0.15, -0.1) is 0 Å². The van der Waals surface area contributed by atoms with Gasteiger partial charge in [-0.1, -0.05) is 0 Å². The zero-order valence-electron chi connectivity index (χ0n) is 8.92. The van der Waals surface area contributed by atoms with Gasteiger partial charge in [-0.25, -0.2) is 20.8 Å². The molecule has 0 bridgehead atoms. The lowest BCUT2D eigenvalue weighted by Crippen LogP contribution is -2.22.